The Hall–Kier alpha value is -0.840. The Morgan fingerprint density at radius 1 is 1.35 bits per heavy atom. The zero-order valence-electron chi connectivity index (χ0n) is 9.26. The molecular formula is C12H14F3NS. The van der Waals surface area contributed by atoms with Crippen LogP contribution in [0, 0.1) is 0 Å². The molecule has 1 aliphatic heterocycles. The third-order valence-corrected chi connectivity index (χ3v) is 4.34. The minimum absolute atomic E-state index is 0.257. The number of thioether (sulfide) groups is 1. The summed E-state index contributed by atoms with van der Waals surface area (Å²) in [7, 11) is 0. The van der Waals surface area contributed by atoms with Crippen molar-refractivity contribution in [3.05, 3.63) is 29.3 Å². The Bertz CT molecular complexity index is 397. The molecule has 0 bridgehead atoms. The number of alkyl halides is 3. The van der Waals surface area contributed by atoms with E-state index in [4.69, 9.17) is 5.73 Å². The predicted molar refractivity (Wildman–Crippen MR) is 65.0 cm³/mol. The van der Waals surface area contributed by atoms with Gasteiger partial charge in [-0.3, -0.25) is 0 Å². The third kappa shape index (κ3) is 3.09. The van der Waals surface area contributed by atoms with E-state index in [1.54, 1.807) is 0 Å². The van der Waals surface area contributed by atoms with E-state index < -0.39 is 11.7 Å². The Morgan fingerprint density at radius 3 is 2.65 bits per heavy atom. The van der Waals surface area contributed by atoms with Crippen molar-refractivity contribution in [2.75, 3.05) is 11.5 Å². The van der Waals surface area contributed by atoms with Crippen LogP contribution >= 0.6 is 11.8 Å². The second-order valence-electron chi connectivity index (χ2n) is 4.25. The summed E-state index contributed by atoms with van der Waals surface area (Å²) in [5.41, 5.74) is 6.11. The minimum atomic E-state index is -4.31. The van der Waals surface area contributed by atoms with Gasteiger partial charge in [-0.05, 0) is 42.7 Å². The van der Waals surface area contributed by atoms with Gasteiger partial charge in [0.25, 0.3) is 0 Å². The zero-order valence-corrected chi connectivity index (χ0v) is 10.1. The Labute approximate surface area is 103 Å². The molecule has 1 heterocycles. The fourth-order valence-corrected chi connectivity index (χ4v) is 3.31. The molecule has 94 valence electrons. The molecule has 0 amide bonds. The lowest BCUT2D eigenvalue weighted by molar-refractivity contribution is -0.137. The van der Waals surface area contributed by atoms with Crippen LogP contribution in [0.2, 0.25) is 0 Å². The fraction of sp³-hybridized carbons (Fsp3) is 0.500. The summed E-state index contributed by atoms with van der Waals surface area (Å²) in [6, 6.07) is 3.66. The smallest absolute Gasteiger partial charge is 0.398 e. The van der Waals surface area contributed by atoms with Crippen LogP contribution in [0.25, 0.3) is 0 Å². The number of rotatable bonds is 2. The first-order valence-corrected chi connectivity index (χ1v) is 6.59. The molecule has 0 radical (unpaired) electrons. The van der Waals surface area contributed by atoms with Crippen LogP contribution in [0.15, 0.2) is 18.2 Å². The quantitative estimate of drug-likeness (QED) is 0.821. The highest BCUT2D eigenvalue weighted by Gasteiger charge is 2.31. The van der Waals surface area contributed by atoms with Gasteiger partial charge in [-0.25, -0.2) is 0 Å². The van der Waals surface area contributed by atoms with E-state index in [9.17, 15) is 13.2 Å². The van der Waals surface area contributed by atoms with Gasteiger partial charge in [-0.15, -0.1) is 0 Å². The van der Waals surface area contributed by atoms with E-state index >= 15 is 0 Å². The van der Waals surface area contributed by atoms with Crippen molar-refractivity contribution in [3.63, 3.8) is 0 Å². The van der Waals surface area contributed by atoms with E-state index in [-0.39, 0.29) is 5.69 Å². The average molecular weight is 261 g/mol. The molecule has 0 spiro atoms. The summed E-state index contributed by atoms with van der Waals surface area (Å²) in [4.78, 5) is 0. The van der Waals surface area contributed by atoms with Gasteiger partial charge in [0.05, 0.1) is 5.56 Å². The van der Waals surface area contributed by atoms with E-state index in [0.717, 1.165) is 36.3 Å². The summed E-state index contributed by atoms with van der Waals surface area (Å²) < 4.78 is 37.3. The largest absolute Gasteiger partial charge is 0.416 e. The normalized spacial score (nSPS) is 20.8. The lowest BCUT2D eigenvalue weighted by Crippen LogP contribution is -2.09. The molecule has 2 N–H and O–H groups in total. The summed E-state index contributed by atoms with van der Waals surface area (Å²) in [5, 5.41) is 0.508. The maximum absolute atomic E-state index is 12.4. The molecule has 1 aromatic carbocycles. The monoisotopic (exact) mass is 261 g/mol. The van der Waals surface area contributed by atoms with Crippen molar-refractivity contribution in [1.82, 2.24) is 0 Å². The van der Waals surface area contributed by atoms with Crippen molar-refractivity contribution in [1.29, 1.82) is 0 Å². The second kappa shape index (κ2) is 4.80. The van der Waals surface area contributed by atoms with Crippen molar-refractivity contribution in [3.8, 4) is 0 Å². The molecule has 1 atom stereocenters. The molecule has 17 heavy (non-hydrogen) atoms. The third-order valence-electron chi connectivity index (χ3n) is 2.94. The molecule has 1 fully saturated rings. The van der Waals surface area contributed by atoms with Gasteiger partial charge in [0.1, 0.15) is 0 Å². The average Bonchev–Trinajstić information content (AvgIpc) is 2.72. The van der Waals surface area contributed by atoms with E-state index in [0.29, 0.717) is 5.25 Å². The number of anilines is 1. The lowest BCUT2D eigenvalue weighted by Gasteiger charge is -2.13. The zero-order chi connectivity index (χ0) is 12.5. The number of hydrogen-bond donors (Lipinski definition) is 1. The van der Waals surface area contributed by atoms with Gasteiger partial charge in [0, 0.05) is 10.9 Å². The van der Waals surface area contributed by atoms with Crippen LogP contribution in [-0.2, 0) is 12.6 Å². The number of hydrogen-bond acceptors (Lipinski definition) is 2. The summed E-state index contributed by atoms with van der Waals surface area (Å²) in [6.45, 7) is 0. The van der Waals surface area contributed by atoms with Gasteiger partial charge >= 0.3 is 6.18 Å². The fourth-order valence-electron chi connectivity index (χ4n) is 2.01. The van der Waals surface area contributed by atoms with Crippen LogP contribution in [0.1, 0.15) is 24.0 Å². The van der Waals surface area contributed by atoms with Crippen LogP contribution in [0.3, 0.4) is 0 Å². The summed E-state index contributed by atoms with van der Waals surface area (Å²) in [6.07, 6.45) is -1.22. The molecule has 0 saturated carbocycles. The van der Waals surface area contributed by atoms with Gasteiger partial charge in [-0.2, -0.15) is 24.9 Å². The van der Waals surface area contributed by atoms with Crippen LogP contribution < -0.4 is 5.73 Å². The number of nitrogen functional groups attached to an aromatic ring is 1. The number of nitrogens with two attached hydrogens (primary N) is 1. The molecule has 1 aliphatic rings. The second-order valence-corrected chi connectivity index (χ2v) is 5.66. The first-order valence-electron chi connectivity index (χ1n) is 5.54. The highest BCUT2D eigenvalue weighted by molar-refractivity contribution is 8.00. The van der Waals surface area contributed by atoms with Crippen molar-refractivity contribution >= 4 is 17.4 Å². The van der Waals surface area contributed by atoms with Crippen LogP contribution in [-0.4, -0.2) is 11.0 Å². The SMILES string of the molecule is Nc1cc(C(F)(F)F)ccc1CC1CCCS1. The van der Waals surface area contributed by atoms with Crippen molar-refractivity contribution < 1.29 is 13.2 Å². The molecule has 1 saturated heterocycles. The van der Waals surface area contributed by atoms with E-state index in [2.05, 4.69) is 0 Å². The first kappa shape index (κ1) is 12.6. The Balaban J connectivity index is 2.14. The maximum Gasteiger partial charge on any atom is 0.416 e. The van der Waals surface area contributed by atoms with Gasteiger partial charge < -0.3 is 5.73 Å². The molecular weight excluding hydrogens is 247 g/mol. The van der Waals surface area contributed by atoms with Crippen molar-refractivity contribution in [2.24, 2.45) is 0 Å². The van der Waals surface area contributed by atoms with Crippen LogP contribution in [0.4, 0.5) is 18.9 Å². The number of halogens is 3. The van der Waals surface area contributed by atoms with Crippen molar-refractivity contribution in [2.45, 2.75) is 30.7 Å². The maximum atomic E-state index is 12.4. The topological polar surface area (TPSA) is 26.0 Å². The highest BCUT2D eigenvalue weighted by atomic mass is 32.2. The Morgan fingerprint density at radius 2 is 2.12 bits per heavy atom. The predicted octanol–water partition coefficient (Wildman–Crippen LogP) is 3.73. The standard InChI is InChI=1S/C12H14F3NS/c13-12(14,15)9-4-3-8(11(16)7-9)6-10-2-1-5-17-10/h3-4,7,10H,1-2,5-6,16H2. The molecule has 0 aromatic heterocycles. The van der Waals surface area contributed by atoms with Gasteiger partial charge in [-0.1, -0.05) is 6.07 Å². The lowest BCUT2D eigenvalue weighted by atomic mass is 10.0. The van der Waals surface area contributed by atoms with Crippen LogP contribution in [0.5, 0.6) is 0 Å². The molecule has 0 aliphatic carbocycles. The van der Waals surface area contributed by atoms with Gasteiger partial charge in [0.15, 0.2) is 0 Å². The molecule has 2 rings (SSSR count). The first-order chi connectivity index (χ1) is 7.97. The van der Waals surface area contributed by atoms with E-state index in [1.165, 1.54) is 12.5 Å². The summed E-state index contributed by atoms with van der Waals surface area (Å²) >= 11 is 1.88. The molecule has 1 aromatic rings. The minimum Gasteiger partial charge on any atom is -0.398 e. The number of benzene rings is 1. The van der Waals surface area contributed by atoms with Gasteiger partial charge in [0.2, 0.25) is 0 Å². The molecule has 1 nitrogen and oxygen atoms in total. The molecule has 5 heteroatoms. The van der Waals surface area contributed by atoms with E-state index in [1.807, 2.05) is 11.8 Å². The Kier molecular flexibility index (Phi) is 3.56. The highest BCUT2D eigenvalue weighted by Crippen LogP contribution is 2.34. The molecule has 1 unspecified atom stereocenters. The summed E-state index contributed by atoms with van der Waals surface area (Å²) in [5.74, 6) is 1.14.